The van der Waals surface area contributed by atoms with E-state index in [-0.39, 0.29) is 12.0 Å². The second-order valence-corrected chi connectivity index (χ2v) is 4.84. The first kappa shape index (κ1) is 11.5. The minimum Gasteiger partial charge on any atom is -0.480 e. The van der Waals surface area contributed by atoms with E-state index in [2.05, 4.69) is 12.2 Å². The molecule has 3 atom stereocenters. The molecule has 1 aliphatic carbocycles. The fraction of sp³-hybridized carbons (Fsp3) is 0.909. The third kappa shape index (κ3) is 2.98. The Morgan fingerprint density at radius 1 is 1.43 bits per heavy atom. The van der Waals surface area contributed by atoms with Gasteiger partial charge in [-0.2, -0.15) is 0 Å². The SMILES string of the molecule is CC1CCC(NC(C(=O)O)C(C)C)C1. The number of carboxylic acid groups (broad SMARTS) is 1. The van der Waals surface area contributed by atoms with E-state index in [1.54, 1.807) is 0 Å². The highest BCUT2D eigenvalue weighted by Gasteiger charge is 2.28. The van der Waals surface area contributed by atoms with Crippen LogP contribution in [0, 0.1) is 11.8 Å². The average molecular weight is 199 g/mol. The molecule has 1 saturated carbocycles. The maximum atomic E-state index is 10.9. The molecule has 82 valence electrons. The molecule has 3 nitrogen and oxygen atoms in total. The summed E-state index contributed by atoms with van der Waals surface area (Å²) in [6.07, 6.45) is 3.47. The van der Waals surface area contributed by atoms with Gasteiger partial charge in [-0.05, 0) is 31.1 Å². The Morgan fingerprint density at radius 3 is 2.43 bits per heavy atom. The Bertz CT molecular complexity index is 203. The summed E-state index contributed by atoms with van der Waals surface area (Å²) in [7, 11) is 0. The van der Waals surface area contributed by atoms with Crippen molar-refractivity contribution in [3.63, 3.8) is 0 Å². The first-order chi connectivity index (χ1) is 6.50. The molecule has 0 aliphatic heterocycles. The molecule has 0 amide bonds. The highest BCUT2D eigenvalue weighted by atomic mass is 16.4. The first-order valence-electron chi connectivity index (χ1n) is 5.49. The van der Waals surface area contributed by atoms with Crippen LogP contribution in [0.1, 0.15) is 40.0 Å². The van der Waals surface area contributed by atoms with E-state index >= 15 is 0 Å². The van der Waals surface area contributed by atoms with Gasteiger partial charge in [0.2, 0.25) is 0 Å². The summed E-state index contributed by atoms with van der Waals surface area (Å²) >= 11 is 0. The lowest BCUT2D eigenvalue weighted by Gasteiger charge is -2.22. The molecule has 3 unspecified atom stereocenters. The van der Waals surface area contributed by atoms with Gasteiger partial charge in [-0.1, -0.05) is 20.8 Å². The van der Waals surface area contributed by atoms with E-state index in [0.29, 0.717) is 6.04 Å². The van der Waals surface area contributed by atoms with Crippen molar-refractivity contribution in [3.05, 3.63) is 0 Å². The van der Waals surface area contributed by atoms with Crippen LogP contribution < -0.4 is 5.32 Å². The van der Waals surface area contributed by atoms with Gasteiger partial charge < -0.3 is 10.4 Å². The molecule has 0 radical (unpaired) electrons. The smallest absolute Gasteiger partial charge is 0.320 e. The zero-order valence-corrected chi connectivity index (χ0v) is 9.29. The standard InChI is InChI=1S/C11H21NO2/c1-7(2)10(11(13)14)12-9-5-4-8(3)6-9/h7-10,12H,4-6H2,1-3H3,(H,13,14). The third-order valence-electron chi connectivity index (χ3n) is 3.04. The van der Waals surface area contributed by atoms with Crippen LogP contribution in [0.15, 0.2) is 0 Å². The number of nitrogens with one attached hydrogen (secondary N) is 1. The average Bonchev–Trinajstić information content (AvgIpc) is 2.46. The van der Waals surface area contributed by atoms with Crippen molar-refractivity contribution in [1.82, 2.24) is 5.32 Å². The van der Waals surface area contributed by atoms with Crippen LogP contribution in [0.5, 0.6) is 0 Å². The van der Waals surface area contributed by atoms with Crippen LogP contribution in [0.3, 0.4) is 0 Å². The molecule has 3 heteroatoms. The minimum absolute atomic E-state index is 0.156. The normalized spacial score (nSPS) is 29.4. The summed E-state index contributed by atoms with van der Waals surface area (Å²) in [5.41, 5.74) is 0. The van der Waals surface area contributed by atoms with Gasteiger partial charge in [0.05, 0.1) is 0 Å². The van der Waals surface area contributed by atoms with E-state index in [9.17, 15) is 4.79 Å². The molecule has 14 heavy (non-hydrogen) atoms. The molecule has 1 rings (SSSR count). The maximum absolute atomic E-state index is 10.9. The number of rotatable bonds is 4. The van der Waals surface area contributed by atoms with Crippen LogP contribution in [-0.4, -0.2) is 23.2 Å². The maximum Gasteiger partial charge on any atom is 0.320 e. The highest BCUT2D eigenvalue weighted by molar-refractivity contribution is 5.73. The number of hydrogen-bond acceptors (Lipinski definition) is 2. The highest BCUT2D eigenvalue weighted by Crippen LogP contribution is 2.25. The molecule has 0 aromatic heterocycles. The zero-order valence-electron chi connectivity index (χ0n) is 9.29. The second-order valence-electron chi connectivity index (χ2n) is 4.84. The lowest BCUT2D eigenvalue weighted by molar-refractivity contribution is -0.140. The number of aliphatic carboxylic acids is 1. The van der Waals surface area contributed by atoms with Crippen molar-refractivity contribution < 1.29 is 9.90 Å². The van der Waals surface area contributed by atoms with Gasteiger partial charge in [0, 0.05) is 6.04 Å². The van der Waals surface area contributed by atoms with Crippen LogP contribution in [0.4, 0.5) is 0 Å². The molecule has 0 aromatic carbocycles. The molecule has 1 aliphatic rings. The van der Waals surface area contributed by atoms with E-state index in [1.165, 1.54) is 6.42 Å². The van der Waals surface area contributed by atoms with E-state index in [0.717, 1.165) is 18.8 Å². The molecule has 1 fully saturated rings. The van der Waals surface area contributed by atoms with Gasteiger partial charge in [0.1, 0.15) is 6.04 Å². The Hall–Kier alpha value is -0.570. The van der Waals surface area contributed by atoms with Gasteiger partial charge in [-0.25, -0.2) is 0 Å². The minimum atomic E-state index is -0.723. The lowest BCUT2D eigenvalue weighted by atomic mass is 10.0. The summed E-state index contributed by atoms with van der Waals surface area (Å²) in [6.45, 7) is 6.13. The van der Waals surface area contributed by atoms with Gasteiger partial charge in [-0.3, -0.25) is 4.79 Å². The molecular weight excluding hydrogens is 178 g/mol. The first-order valence-corrected chi connectivity index (χ1v) is 5.49. The van der Waals surface area contributed by atoms with E-state index in [4.69, 9.17) is 5.11 Å². The molecule has 0 heterocycles. The van der Waals surface area contributed by atoms with Crippen LogP contribution in [-0.2, 0) is 4.79 Å². The zero-order chi connectivity index (χ0) is 10.7. The predicted octanol–water partition coefficient (Wildman–Crippen LogP) is 1.87. The number of carbonyl (C=O) groups is 1. The number of hydrogen-bond donors (Lipinski definition) is 2. The summed E-state index contributed by atoms with van der Waals surface area (Å²) in [5.74, 6) is 0.178. The fourth-order valence-corrected chi connectivity index (χ4v) is 2.16. The lowest BCUT2D eigenvalue weighted by Crippen LogP contribution is -2.45. The quantitative estimate of drug-likeness (QED) is 0.726. The van der Waals surface area contributed by atoms with Crippen LogP contribution in [0.25, 0.3) is 0 Å². The molecule has 0 aromatic rings. The predicted molar refractivity (Wildman–Crippen MR) is 56.2 cm³/mol. The third-order valence-corrected chi connectivity index (χ3v) is 3.04. The van der Waals surface area contributed by atoms with Crippen molar-refractivity contribution in [2.24, 2.45) is 11.8 Å². The monoisotopic (exact) mass is 199 g/mol. The van der Waals surface area contributed by atoms with Crippen molar-refractivity contribution in [3.8, 4) is 0 Å². The van der Waals surface area contributed by atoms with Gasteiger partial charge in [-0.15, -0.1) is 0 Å². The summed E-state index contributed by atoms with van der Waals surface area (Å²) in [5, 5.41) is 12.3. The molecule has 2 N–H and O–H groups in total. The van der Waals surface area contributed by atoms with E-state index < -0.39 is 5.97 Å². The Balaban J connectivity index is 2.44. The van der Waals surface area contributed by atoms with Crippen molar-refractivity contribution >= 4 is 5.97 Å². The Morgan fingerprint density at radius 2 is 2.07 bits per heavy atom. The fourth-order valence-electron chi connectivity index (χ4n) is 2.16. The molecule has 0 bridgehead atoms. The van der Waals surface area contributed by atoms with Crippen molar-refractivity contribution in [2.75, 3.05) is 0 Å². The van der Waals surface area contributed by atoms with Gasteiger partial charge in [0.15, 0.2) is 0 Å². The molecule has 0 spiro atoms. The summed E-state index contributed by atoms with van der Waals surface area (Å²) in [4.78, 5) is 10.9. The van der Waals surface area contributed by atoms with Crippen LogP contribution >= 0.6 is 0 Å². The molecular formula is C11H21NO2. The van der Waals surface area contributed by atoms with Crippen molar-refractivity contribution in [1.29, 1.82) is 0 Å². The topological polar surface area (TPSA) is 49.3 Å². The number of carboxylic acids is 1. The summed E-state index contributed by atoms with van der Waals surface area (Å²) in [6, 6.07) is 0.0267. The second kappa shape index (κ2) is 4.78. The molecule has 0 saturated heterocycles. The Labute approximate surface area is 85.9 Å². The summed E-state index contributed by atoms with van der Waals surface area (Å²) < 4.78 is 0. The Kier molecular flexibility index (Phi) is 3.93. The van der Waals surface area contributed by atoms with Crippen molar-refractivity contribution in [2.45, 2.75) is 52.1 Å². The largest absolute Gasteiger partial charge is 0.480 e. The van der Waals surface area contributed by atoms with E-state index in [1.807, 2.05) is 13.8 Å². The van der Waals surface area contributed by atoms with Gasteiger partial charge in [0.25, 0.3) is 0 Å². The van der Waals surface area contributed by atoms with Crippen LogP contribution in [0.2, 0.25) is 0 Å². The van der Waals surface area contributed by atoms with Gasteiger partial charge >= 0.3 is 5.97 Å².